The first kappa shape index (κ1) is 16.3. The Morgan fingerprint density at radius 1 is 1.14 bits per heavy atom. The van der Waals surface area contributed by atoms with E-state index < -0.39 is 5.60 Å². The molecular weight excluding hydrogens is 282 g/mol. The smallest absolute Gasteiger partial charge is 0.410 e. The molecule has 1 aliphatic rings. The molecule has 1 unspecified atom stereocenters. The number of benzene rings is 1. The van der Waals surface area contributed by atoms with Crippen LogP contribution in [0.2, 0.25) is 0 Å². The first-order valence-corrected chi connectivity index (χ1v) is 7.50. The normalized spacial score (nSPS) is 21.5. The van der Waals surface area contributed by atoms with Crippen LogP contribution in [0.3, 0.4) is 0 Å². The standard InChI is InChI=1S/C17H23NO4/c1-12-10-18(16(20)22-17(2,3)4)11-14(12)21-15(19)13-8-6-5-7-9-13/h5-9,12,14H,10-11H2,1-4H3/t12?,14-/m1/s1. The molecule has 1 amide bonds. The molecule has 0 bridgehead atoms. The summed E-state index contributed by atoms with van der Waals surface area (Å²) < 4.78 is 10.9. The molecule has 1 saturated heterocycles. The lowest BCUT2D eigenvalue weighted by molar-refractivity contribution is 0.0169. The molecule has 0 aromatic heterocycles. The van der Waals surface area contributed by atoms with E-state index in [9.17, 15) is 9.59 Å². The summed E-state index contributed by atoms with van der Waals surface area (Å²) in [4.78, 5) is 25.8. The molecule has 120 valence electrons. The fourth-order valence-electron chi connectivity index (χ4n) is 2.35. The van der Waals surface area contributed by atoms with Crippen LogP contribution in [0.4, 0.5) is 4.79 Å². The van der Waals surface area contributed by atoms with E-state index in [1.165, 1.54) is 0 Å². The Kier molecular flexibility index (Phi) is 4.74. The largest absolute Gasteiger partial charge is 0.457 e. The van der Waals surface area contributed by atoms with Crippen LogP contribution in [0.15, 0.2) is 30.3 Å². The van der Waals surface area contributed by atoms with E-state index in [2.05, 4.69) is 0 Å². The molecule has 1 fully saturated rings. The quantitative estimate of drug-likeness (QED) is 0.788. The van der Waals surface area contributed by atoms with Crippen molar-refractivity contribution in [2.45, 2.75) is 39.4 Å². The van der Waals surface area contributed by atoms with Crippen molar-refractivity contribution in [3.05, 3.63) is 35.9 Å². The van der Waals surface area contributed by atoms with Gasteiger partial charge in [-0.05, 0) is 32.9 Å². The predicted octanol–water partition coefficient (Wildman–Crippen LogP) is 3.10. The monoisotopic (exact) mass is 305 g/mol. The number of esters is 1. The van der Waals surface area contributed by atoms with Gasteiger partial charge in [0.05, 0.1) is 12.1 Å². The van der Waals surface area contributed by atoms with Crippen molar-refractivity contribution >= 4 is 12.1 Å². The maximum Gasteiger partial charge on any atom is 0.410 e. The summed E-state index contributed by atoms with van der Waals surface area (Å²) in [7, 11) is 0. The molecule has 2 rings (SSSR count). The van der Waals surface area contributed by atoms with Gasteiger partial charge in [-0.25, -0.2) is 9.59 Å². The van der Waals surface area contributed by atoms with E-state index in [0.717, 1.165) is 0 Å². The summed E-state index contributed by atoms with van der Waals surface area (Å²) in [5.41, 5.74) is -0.00974. The molecule has 1 aliphatic heterocycles. The SMILES string of the molecule is CC1CN(C(=O)OC(C)(C)C)C[C@H]1OC(=O)c1ccccc1. The fourth-order valence-corrected chi connectivity index (χ4v) is 2.35. The average molecular weight is 305 g/mol. The second-order valence-electron chi connectivity index (χ2n) is 6.67. The number of ether oxygens (including phenoxy) is 2. The fraction of sp³-hybridized carbons (Fsp3) is 0.529. The summed E-state index contributed by atoms with van der Waals surface area (Å²) in [6, 6.07) is 8.86. The zero-order valence-corrected chi connectivity index (χ0v) is 13.5. The molecule has 1 heterocycles. The molecular formula is C17H23NO4. The van der Waals surface area contributed by atoms with Gasteiger partial charge in [0, 0.05) is 12.5 Å². The Bertz CT molecular complexity index is 535. The highest BCUT2D eigenvalue weighted by Gasteiger charge is 2.37. The number of hydrogen-bond acceptors (Lipinski definition) is 4. The maximum absolute atomic E-state index is 12.1. The molecule has 2 atom stereocenters. The first-order chi connectivity index (χ1) is 10.3. The summed E-state index contributed by atoms with van der Waals surface area (Å²) in [6.07, 6.45) is -0.669. The van der Waals surface area contributed by atoms with Crippen molar-refractivity contribution in [3.8, 4) is 0 Å². The highest BCUT2D eigenvalue weighted by Crippen LogP contribution is 2.23. The van der Waals surface area contributed by atoms with Crippen LogP contribution in [-0.4, -0.2) is 41.8 Å². The van der Waals surface area contributed by atoms with Crippen LogP contribution in [0.1, 0.15) is 38.1 Å². The second-order valence-corrected chi connectivity index (χ2v) is 6.67. The van der Waals surface area contributed by atoms with Gasteiger partial charge in [-0.2, -0.15) is 0 Å². The van der Waals surface area contributed by atoms with Crippen LogP contribution >= 0.6 is 0 Å². The number of likely N-dealkylation sites (tertiary alicyclic amines) is 1. The number of nitrogens with zero attached hydrogens (tertiary/aromatic N) is 1. The lowest BCUT2D eigenvalue weighted by Gasteiger charge is -2.24. The third-order valence-corrected chi connectivity index (χ3v) is 3.46. The molecule has 1 aromatic rings. The summed E-state index contributed by atoms with van der Waals surface area (Å²) >= 11 is 0. The van der Waals surface area contributed by atoms with Crippen LogP contribution in [0.5, 0.6) is 0 Å². The molecule has 0 saturated carbocycles. The van der Waals surface area contributed by atoms with Crippen LogP contribution in [0, 0.1) is 5.92 Å². The lowest BCUT2D eigenvalue weighted by Crippen LogP contribution is -2.36. The number of rotatable bonds is 2. The Morgan fingerprint density at radius 2 is 1.77 bits per heavy atom. The average Bonchev–Trinajstić information content (AvgIpc) is 2.79. The van der Waals surface area contributed by atoms with E-state index in [1.807, 2.05) is 33.8 Å². The van der Waals surface area contributed by atoms with Crippen LogP contribution < -0.4 is 0 Å². The maximum atomic E-state index is 12.1. The second kappa shape index (κ2) is 6.38. The van der Waals surface area contributed by atoms with Crippen molar-refractivity contribution < 1.29 is 19.1 Å². The van der Waals surface area contributed by atoms with E-state index >= 15 is 0 Å². The summed E-state index contributed by atoms with van der Waals surface area (Å²) in [5.74, 6) is -0.274. The van der Waals surface area contributed by atoms with Gasteiger partial charge >= 0.3 is 12.1 Å². The summed E-state index contributed by atoms with van der Waals surface area (Å²) in [5, 5.41) is 0. The van der Waals surface area contributed by atoms with Gasteiger partial charge < -0.3 is 14.4 Å². The topological polar surface area (TPSA) is 55.8 Å². The van der Waals surface area contributed by atoms with Gasteiger partial charge in [-0.3, -0.25) is 0 Å². The van der Waals surface area contributed by atoms with Crippen molar-refractivity contribution in [1.29, 1.82) is 0 Å². The van der Waals surface area contributed by atoms with E-state index in [0.29, 0.717) is 18.7 Å². The van der Waals surface area contributed by atoms with Crippen molar-refractivity contribution in [3.63, 3.8) is 0 Å². The van der Waals surface area contributed by atoms with Gasteiger partial charge in [0.25, 0.3) is 0 Å². The highest BCUT2D eigenvalue weighted by molar-refractivity contribution is 5.89. The zero-order chi connectivity index (χ0) is 16.3. The molecule has 5 heteroatoms. The highest BCUT2D eigenvalue weighted by atomic mass is 16.6. The molecule has 22 heavy (non-hydrogen) atoms. The molecule has 0 radical (unpaired) electrons. The third-order valence-electron chi connectivity index (χ3n) is 3.46. The van der Waals surface area contributed by atoms with Crippen LogP contribution in [0.25, 0.3) is 0 Å². The van der Waals surface area contributed by atoms with Gasteiger partial charge in [0.15, 0.2) is 0 Å². The Balaban J connectivity index is 1.94. The lowest BCUT2D eigenvalue weighted by atomic mass is 10.1. The van der Waals surface area contributed by atoms with Gasteiger partial charge in [-0.15, -0.1) is 0 Å². The van der Waals surface area contributed by atoms with Crippen molar-refractivity contribution in [2.24, 2.45) is 5.92 Å². The third kappa shape index (κ3) is 4.23. The van der Waals surface area contributed by atoms with E-state index in [-0.39, 0.29) is 24.1 Å². The van der Waals surface area contributed by atoms with Gasteiger partial charge in [0.1, 0.15) is 11.7 Å². The summed E-state index contributed by atoms with van der Waals surface area (Å²) in [6.45, 7) is 8.36. The Morgan fingerprint density at radius 3 is 2.36 bits per heavy atom. The predicted molar refractivity (Wildman–Crippen MR) is 82.6 cm³/mol. The molecule has 0 spiro atoms. The number of amides is 1. The zero-order valence-electron chi connectivity index (χ0n) is 13.5. The number of carbonyl (C=O) groups is 2. The minimum absolute atomic E-state index is 0.0835. The van der Waals surface area contributed by atoms with E-state index in [4.69, 9.17) is 9.47 Å². The minimum atomic E-state index is -0.529. The van der Waals surface area contributed by atoms with Crippen LogP contribution in [-0.2, 0) is 9.47 Å². The molecule has 0 aliphatic carbocycles. The number of carbonyl (C=O) groups excluding carboxylic acids is 2. The van der Waals surface area contributed by atoms with E-state index in [1.54, 1.807) is 29.2 Å². The van der Waals surface area contributed by atoms with Gasteiger partial charge in [0.2, 0.25) is 0 Å². The molecule has 1 aromatic carbocycles. The van der Waals surface area contributed by atoms with Gasteiger partial charge in [-0.1, -0.05) is 25.1 Å². The van der Waals surface area contributed by atoms with Crippen molar-refractivity contribution in [1.82, 2.24) is 4.90 Å². The Labute approximate surface area is 131 Å². The number of hydrogen-bond donors (Lipinski definition) is 0. The molecule has 0 N–H and O–H groups in total. The first-order valence-electron chi connectivity index (χ1n) is 7.50. The molecule has 5 nitrogen and oxygen atoms in total. The minimum Gasteiger partial charge on any atom is -0.457 e. The Hall–Kier alpha value is -2.04. The van der Waals surface area contributed by atoms with Crippen molar-refractivity contribution in [2.75, 3.05) is 13.1 Å².